The number of rotatable bonds is 3. The van der Waals surface area contributed by atoms with E-state index in [1.807, 2.05) is 34.6 Å². The second-order valence-electron chi connectivity index (χ2n) is 7.18. The monoisotopic (exact) mass is 355 g/mol. The smallest absolute Gasteiger partial charge is 0.410 e. The number of carbonyl (C=O) groups is 1. The summed E-state index contributed by atoms with van der Waals surface area (Å²) in [6.45, 7) is 10.2. The number of nitrogens with zero attached hydrogens (tertiary/aromatic N) is 1. The molecule has 0 spiro atoms. The lowest BCUT2D eigenvalue weighted by atomic mass is 9.84. The van der Waals surface area contributed by atoms with Gasteiger partial charge in [0.15, 0.2) is 0 Å². The van der Waals surface area contributed by atoms with Crippen LogP contribution in [0.4, 0.5) is 4.79 Å². The van der Waals surface area contributed by atoms with Crippen molar-refractivity contribution in [2.75, 3.05) is 13.1 Å². The number of ether oxygens (including phenoxy) is 1. The number of hydrogen-bond acceptors (Lipinski definition) is 4. The van der Waals surface area contributed by atoms with E-state index in [9.17, 15) is 17.8 Å². The topological polar surface area (TPSA) is 83.9 Å². The summed E-state index contributed by atoms with van der Waals surface area (Å²) in [5.41, 5.74) is 1.96. The number of hydrogen-bond donors (Lipinski definition) is 1. The van der Waals surface area contributed by atoms with E-state index < -0.39 is 15.7 Å². The van der Waals surface area contributed by atoms with Crippen LogP contribution in [0, 0.1) is 6.92 Å². The normalized spacial score (nSPS) is 16.0. The maximum atomic E-state index is 12.1. The molecule has 6 nitrogen and oxygen atoms in total. The standard InChI is InChI=1S/C17H25NO5S/c1-6-13-14(24(20,21)22)8-7-11(2)15(13)12-9-18(10-12)16(19)23-17(3,4)5/h7-8,12H,6,9-10H2,1-5H3,(H,20,21,22). The lowest BCUT2D eigenvalue weighted by molar-refractivity contribution is 0.00804. The molecule has 0 atom stereocenters. The zero-order chi connectivity index (χ0) is 18.3. The number of carbonyl (C=O) groups excluding carboxylic acids is 1. The third-order valence-corrected chi connectivity index (χ3v) is 5.04. The second-order valence-corrected chi connectivity index (χ2v) is 8.57. The fourth-order valence-corrected chi connectivity index (χ4v) is 3.88. The molecule has 1 aliphatic rings. The molecule has 1 saturated heterocycles. The Hall–Kier alpha value is -1.60. The molecule has 0 saturated carbocycles. The van der Waals surface area contributed by atoms with Crippen LogP contribution in [0.1, 0.15) is 50.3 Å². The molecule has 2 rings (SSSR count). The van der Waals surface area contributed by atoms with E-state index in [2.05, 4.69) is 0 Å². The summed E-state index contributed by atoms with van der Waals surface area (Å²) >= 11 is 0. The first-order chi connectivity index (χ1) is 10.9. The van der Waals surface area contributed by atoms with E-state index in [0.717, 1.165) is 11.1 Å². The Balaban J connectivity index is 2.25. The highest BCUT2D eigenvalue weighted by molar-refractivity contribution is 7.85. The minimum Gasteiger partial charge on any atom is -0.444 e. The fraction of sp³-hybridized carbons (Fsp3) is 0.588. The molecule has 0 aliphatic carbocycles. The van der Waals surface area contributed by atoms with Crippen molar-refractivity contribution in [1.29, 1.82) is 0 Å². The van der Waals surface area contributed by atoms with Crippen LogP contribution in [0.3, 0.4) is 0 Å². The highest BCUT2D eigenvalue weighted by Crippen LogP contribution is 2.35. The molecule has 1 N–H and O–H groups in total. The van der Waals surface area contributed by atoms with Gasteiger partial charge in [0.25, 0.3) is 10.1 Å². The average molecular weight is 355 g/mol. The molecule has 0 radical (unpaired) electrons. The SMILES string of the molecule is CCc1c(S(=O)(=O)O)ccc(C)c1C1CN(C(=O)OC(C)(C)C)C1. The summed E-state index contributed by atoms with van der Waals surface area (Å²) in [6, 6.07) is 3.14. The van der Waals surface area contributed by atoms with Crippen LogP contribution < -0.4 is 0 Å². The quantitative estimate of drug-likeness (QED) is 0.842. The fourth-order valence-electron chi connectivity index (χ4n) is 3.07. The summed E-state index contributed by atoms with van der Waals surface area (Å²) in [7, 11) is -4.26. The summed E-state index contributed by atoms with van der Waals surface area (Å²) in [4.78, 5) is 13.6. The first-order valence-corrected chi connectivity index (χ1v) is 9.46. The van der Waals surface area contributed by atoms with Gasteiger partial charge in [-0.2, -0.15) is 8.42 Å². The molecular formula is C17H25NO5S. The summed E-state index contributed by atoms with van der Waals surface area (Å²) in [5.74, 6) is 0.0502. The zero-order valence-corrected chi connectivity index (χ0v) is 15.6. The maximum Gasteiger partial charge on any atom is 0.410 e. The van der Waals surface area contributed by atoms with Crippen LogP contribution in [-0.4, -0.2) is 42.7 Å². The molecule has 1 aromatic rings. The molecule has 1 fully saturated rings. The van der Waals surface area contributed by atoms with Gasteiger partial charge in [0.05, 0.1) is 4.90 Å². The Labute approximate surface area is 143 Å². The number of amides is 1. The Kier molecular flexibility index (Phi) is 4.97. The van der Waals surface area contributed by atoms with E-state index >= 15 is 0 Å². The summed E-state index contributed by atoms with van der Waals surface area (Å²) in [6.07, 6.45) is 0.134. The van der Waals surface area contributed by atoms with Crippen LogP contribution in [0.25, 0.3) is 0 Å². The van der Waals surface area contributed by atoms with Crippen molar-refractivity contribution in [3.63, 3.8) is 0 Å². The first-order valence-electron chi connectivity index (χ1n) is 8.01. The molecule has 134 valence electrons. The minimum absolute atomic E-state index is 0.0404. The van der Waals surface area contributed by atoms with Crippen LogP contribution in [-0.2, 0) is 21.3 Å². The van der Waals surface area contributed by atoms with E-state index in [4.69, 9.17) is 4.74 Å². The molecule has 0 aromatic heterocycles. The van der Waals surface area contributed by atoms with Crippen molar-refractivity contribution >= 4 is 16.2 Å². The summed E-state index contributed by atoms with van der Waals surface area (Å²) in [5, 5.41) is 0. The van der Waals surface area contributed by atoms with Crippen molar-refractivity contribution in [1.82, 2.24) is 4.90 Å². The van der Waals surface area contributed by atoms with Gasteiger partial charge in [-0.1, -0.05) is 13.0 Å². The lowest BCUT2D eigenvalue weighted by Gasteiger charge is -2.41. The number of benzene rings is 1. The van der Waals surface area contributed by atoms with Crippen LogP contribution in [0.5, 0.6) is 0 Å². The van der Waals surface area contributed by atoms with Crippen molar-refractivity contribution in [3.8, 4) is 0 Å². The van der Waals surface area contributed by atoms with Crippen molar-refractivity contribution in [3.05, 3.63) is 28.8 Å². The molecule has 0 unspecified atom stereocenters. The van der Waals surface area contributed by atoms with Gasteiger partial charge in [0.2, 0.25) is 0 Å². The van der Waals surface area contributed by atoms with Gasteiger partial charge in [0.1, 0.15) is 5.60 Å². The third-order valence-electron chi connectivity index (χ3n) is 4.11. The minimum atomic E-state index is -4.26. The van der Waals surface area contributed by atoms with Gasteiger partial charge in [-0.05, 0) is 56.9 Å². The molecule has 1 aliphatic heterocycles. The van der Waals surface area contributed by atoms with Crippen LogP contribution in [0.2, 0.25) is 0 Å². The Morgan fingerprint density at radius 2 is 1.92 bits per heavy atom. The third kappa shape index (κ3) is 3.89. The molecule has 1 aromatic carbocycles. The predicted molar refractivity (Wildman–Crippen MR) is 90.9 cm³/mol. The summed E-state index contributed by atoms with van der Waals surface area (Å²) < 4.78 is 38.0. The Bertz CT molecular complexity index is 743. The molecule has 7 heteroatoms. The molecule has 1 amide bonds. The largest absolute Gasteiger partial charge is 0.444 e. The van der Waals surface area contributed by atoms with Gasteiger partial charge >= 0.3 is 6.09 Å². The second kappa shape index (κ2) is 6.37. The van der Waals surface area contributed by atoms with Gasteiger partial charge in [0, 0.05) is 19.0 Å². The van der Waals surface area contributed by atoms with E-state index in [1.165, 1.54) is 6.07 Å². The van der Waals surface area contributed by atoms with Crippen LogP contribution in [0.15, 0.2) is 17.0 Å². The Morgan fingerprint density at radius 1 is 1.33 bits per heavy atom. The van der Waals surface area contributed by atoms with Gasteiger partial charge in [-0.3, -0.25) is 4.55 Å². The zero-order valence-electron chi connectivity index (χ0n) is 14.8. The predicted octanol–water partition coefficient (Wildman–Crippen LogP) is 3.14. The number of aryl methyl sites for hydroxylation is 1. The van der Waals surface area contributed by atoms with Gasteiger partial charge < -0.3 is 9.64 Å². The highest BCUT2D eigenvalue weighted by Gasteiger charge is 2.37. The molecule has 0 bridgehead atoms. The van der Waals surface area contributed by atoms with Crippen molar-refractivity contribution < 1.29 is 22.5 Å². The maximum absolute atomic E-state index is 12.1. The highest BCUT2D eigenvalue weighted by atomic mass is 32.2. The van der Waals surface area contributed by atoms with Gasteiger partial charge in [-0.15, -0.1) is 0 Å². The number of likely N-dealkylation sites (tertiary alicyclic amines) is 1. The van der Waals surface area contributed by atoms with E-state index in [-0.39, 0.29) is 16.9 Å². The Morgan fingerprint density at radius 3 is 2.38 bits per heavy atom. The first kappa shape index (κ1) is 18.7. The average Bonchev–Trinajstić information content (AvgIpc) is 2.34. The molecule has 24 heavy (non-hydrogen) atoms. The van der Waals surface area contributed by atoms with Crippen molar-refractivity contribution in [2.24, 2.45) is 0 Å². The van der Waals surface area contributed by atoms with E-state index in [0.29, 0.717) is 25.1 Å². The van der Waals surface area contributed by atoms with Crippen molar-refractivity contribution in [2.45, 2.75) is 57.5 Å². The van der Waals surface area contributed by atoms with E-state index in [1.54, 1.807) is 11.0 Å². The molecule has 1 heterocycles. The molecular weight excluding hydrogens is 330 g/mol. The van der Waals surface area contributed by atoms with Gasteiger partial charge in [-0.25, -0.2) is 4.79 Å². The lowest BCUT2D eigenvalue weighted by Crippen LogP contribution is -2.50. The van der Waals surface area contributed by atoms with Crippen LogP contribution >= 0.6 is 0 Å².